The minimum absolute atomic E-state index is 0.109. The monoisotopic (exact) mass is 370 g/mol. The Balaban J connectivity index is 1.40. The van der Waals surface area contributed by atoms with Crippen LogP contribution in [0, 0.1) is 6.92 Å². The Morgan fingerprint density at radius 2 is 2.08 bits per heavy atom. The highest BCUT2D eigenvalue weighted by molar-refractivity contribution is 7.98. The number of aromatic nitrogens is 5. The average molecular weight is 370 g/mol. The number of thioether (sulfide) groups is 1. The van der Waals surface area contributed by atoms with E-state index < -0.39 is 0 Å². The first-order valence-electron chi connectivity index (χ1n) is 8.50. The van der Waals surface area contributed by atoms with Crippen molar-refractivity contribution >= 4 is 17.7 Å². The Morgan fingerprint density at radius 3 is 2.81 bits per heavy atom. The van der Waals surface area contributed by atoms with E-state index in [1.807, 2.05) is 30.8 Å². The van der Waals surface area contributed by atoms with Gasteiger partial charge in [0.1, 0.15) is 0 Å². The minimum atomic E-state index is -0.109. The molecule has 3 N–H and O–H groups in total. The van der Waals surface area contributed by atoms with Crippen LogP contribution in [0.3, 0.4) is 0 Å². The minimum Gasteiger partial charge on any atom is -0.356 e. The lowest BCUT2D eigenvalue weighted by molar-refractivity contribution is 0.942. The molecule has 0 amide bonds. The average Bonchev–Trinajstić information content (AvgIpc) is 3.06. The van der Waals surface area contributed by atoms with Crippen molar-refractivity contribution in [3.63, 3.8) is 0 Å². The molecule has 0 bridgehead atoms. The second-order valence-corrected chi connectivity index (χ2v) is 7.03. The van der Waals surface area contributed by atoms with Crippen molar-refractivity contribution in [1.29, 1.82) is 0 Å². The van der Waals surface area contributed by atoms with Gasteiger partial charge in [0.15, 0.2) is 0 Å². The molecule has 0 aliphatic heterocycles. The number of nitrogens with zero attached hydrogens (tertiary/aromatic N) is 3. The Labute approximate surface area is 156 Å². The van der Waals surface area contributed by atoms with Crippen LogP contribution in [0.25, 0.3) is 0 Å². The summed E-state index contributed by atoms with van der Waals surface area (Å²) in [6.07, 6.45) is 8.34. The Bertz CT molecular complexity index is 877. The second kappa shape index (κ2) is 9.19. The molecule has 0 radical (unpaired) electrons. The highest BCUT2D eigenvalue weighted by atomic mass is 32.2. The lowest BCUT2D eigenvalue weighted by Gasteiger charge is -2.06. The third-order valence-electron chi connectivity index (χ3n) is 3.95. The number of H-pyrrole nitrogens is 2. The second-order valence-electron chi connectivity index (χ2n) is 5.93. The summed E-state index contributed by atoms with van der Waals surface area (Å²) in [6.45, 7) is 2.80. The smallest absolute Gasteiger partial charge is 0.255 e. The molecule has 7 nitrogen and oxygen atoms in total. The lowest BCUT2D eigenvalue weighted by atomic mass is 10.1. The normalized spacial score (nSPS) is 10.8. The van der Waals surface area contributed by atoms with Gasteiger partial charge in [0.25, 0.3) is 5.56 Å². The maximum absolute atomic E-state index is 12.2. The van der Waals surface area contributed by atoms with Gasteiger partial charge >= 0.3 is 0 Å². The maximum Gasteiger partial charge on any atom is 0.255 e. The zero-order valence-corrected chi connectivity index (χ0v) is 15.5. The van der Waals surface area contributed by atoms with Crippen LogP contribution in [0.5, 0.6) is 0 Å². The summed E-state index contributed by atoms with van der Waals surface area (Å²) in [7, 11) is 0. The molecule has 0 saturated carbocycles. The van der Waals surface area contributed by atoms with Crippen molar-refractivity contribution in [3.05, 3.63) is 69.9 Å². The number of aromatic amines is 2. The molecule has 3 aromatic rings. The molecular formula is C18H22N6OS. The van der Waals surface area contributed by atoms with Crippen LogP contribution < -0.4 is 10.9 Å². The highest BCUT2D eigenvalue weighted by Crippen LogP contribution is 2.13. The van der Waals surface area contributed by atoms with Gasteiger partial charge in [-0.05, 0) is 36.8 Å². The topological polar surface area (TPSA) is 99.3 Å². The van der Waals surface area contributed by atoms with Crippen LogP contribution in [0.2, 0.25) is 0 Å². The molecule has 3 rings (SSSR count). The van der Waals surface area contributed by atoms with E-state index in [2.05, 4.69) is 30.2 Å². The molecule has 0 saturated heterocycles. The van der Waals surface area contributed by atoms with E-state index in [0.29, 0.717) is 17.9 Å². The van der Waals surface area contributed by atoms with Gasteiger partial charge in [-0.1, -0.05) is 0 Å². The summed E-state index contributed by atoms with van der Waals surface area (Å²) < 4.78 is 0. The predicted molar refractivity (Wildman–Crippen MR) is 104 cm³/mol. The number of aryl methyl sites for hydroxylation is 1. The van der Waals surface area contributed by atoms with Gasteiger partial charge in [-0.25, -0.2) is 9.97 Å². The SMILES string of the molecule is Cc1[nH]cnc1CSCCCNc1ncc(Cc2ccncc2)c(=O)[nH]1. The lowest BCUT2D eigenvalue weighted by Crippen LogP contribution is -2.17. The van der Waals surface area contributed by atoms with Crippen molar-refractivity contribution < 1.29 is 0 Å². The van der Waals surface area contributed by atoms with Crippen LogP contribution in [-0.2, 0) is 12.2 Å². The predicted octanol–water partition coefficient (Wildman–Crippen LogP) is 2.52. The first-order chi connectivity index (χ1) is 12.7. The molecule has 3 aromatic heterocycles. The zero-order chi connectivity index (χ0) is 18.2. The molecule has 0 spiro atoms. The van der Waals surface area contributed by atoms with Crippen LogP contribution in [0.1, 0.15) is 28.9 Å². The fourth-order valence-corrected chi connectivity index (χ4v) is 3.42. The first kappa shape index (κ1) is 18.2. The summed E-state index contributed by atoms with van der Waals surface area (Å²) in [6, 6.07) is 3.79. The van der Waals surface area contributed by atoms with E-state index in [1.54, 1.807) is 24.9 Å². The van der Waals surface area contributed by atoms with E-state index >= 15 is 0 Å². The summed E-state index contributed by atoms with van der Waals surface area (Å²) in [5.41, 5.74) is 3.81. The standard InChI is InChI=1S/C18H22N6OS/c1-13-16(23-12-22-13)11-26-8-2-5-20-18-21-10-15(17(25)24-18)9-14-3-6-19-7-4-14/h3-4,6-7,10,12H,2,5,8-9,11H2,1H3,(H,22,23)(H2,20,21,24,25). The fourth-order valence-electron chi connectivity index (χ4n) is 2.44. The largest absolute Gasteiger partial charge is 0.356 e. The maximum atomic E-state index is 12.2. The summed E-state index contributed by atoms with van der Waals surface area (Å²) in [5, 5.41) is 3.17. The molecule has 0 fully saturated rings. The van der Waals surface area contributed by atoms with Crippen LogP contribution in [-0.4, -0.2) is 37.2 Å². The van der Waals surface area contributed by atoms with Crippen LogP contribution in [0.15, 0.2) is 41.8 Å². The molecule has 0 atom stereocenters. The molecule has 26 heavy (non-hydrogen) atoms. The summed E-state index contributed by atoms with van der Waals surface area (Å²) in [4.78, 5) is 30.6. The number of imidazole rings is 1. The first-order valence-corrected chi connectivity index (χ1v) is 9.65. The molecule has 3 heterocycles. The fraction of sp³-hybridized carbons (Fsp3) is 0.333. The van der Waals surface area contributed by atoms with Gasteiger partial charge in [-0.2, -0.15) is 11.8 Å². The third kappa shape index (κ3) is 5.19. The van der Waals surface area contributed by atoms with Gasteiger partial charge in [0, 0.05) is 48.6 Å². The molecule has 8 heteroatoms. The van der Waals surface area contributed by atoms with Gasteiger partial charge in [0.2, 0.25) is 5.95 Å². The van der Waals surface area contributed by atoms with Crippen LogP contribution >= 0.6 is 11.8 Å². The van der Waals surface area contributed by atoms with Crippen molar-refractivity contribution in [1.82, 2.24) is 24.9 Å². The number of anilines is 1. The molecule has 0 unspecified atom stereocenters. The van der Waals surface area contributed by atoms with Crippen LogP contribution in [0.4, 0.5) is 5.95 Å². The van der Waals surface area contributed by atoms with Crippen molar-refractivity contribution in [3.8, 4) is 0 Å². The third-order valence-corrected chi connectivity index (χ3v) is 5.00. The number of rotatable bonds is 9. The van der Waals surface area contributed by atoms with Crippen molar-refractivity contribution in [2.75, 3.05) is 17.6 Å². The van der Waals surface area contributed by atoms with Gasteiger partial charge in [-0.15, -0.1) is 0 Å². The quantitative estimate of drug-likeness (QED) is 0.501. The van der Waals surface area contributed by atoms with E-state index in [4.69, 9.17) is 0 Å². The molecule has 0 aromatic carbocycles. The van der Waals surface area contributed by atoms with Gasteiger partial charge in [0.05, 0.1) is 12.0 Å². The van der Waals surface area contributed by atoms with E-state index in [0.717, 1.165) is 41.4 Å². The molecular weight excluding hydrogens is 348 g/mol. The number of nitrogens with one attached hydrogen (secondary N) is 3. The Morgan fingerprint density at radius 1 is 1.23 bits per heavy atom. The number of hydrogen-bond donors (Lipinski definition) is 3. The van der Waals surface area contributed by atoms with E-state index in [1.165, 1.54) is 0 Å². The van der Waals surface area contributed by atoms with Crippen molar-refractivity contribution in [2.45, 2.75) is 25.5 Å². The number of pyridine rings is 1. The Hall–Kier alpha value is -2.61. The number of hydrogen-bond acceptors (Lipinski definition) is 6. The molecule has 0 aliphatic carbocycles. The van der Waals surface area contributed by atoms with E-state index in [-0.39, 0.29) is 5.56 Å². The molecule has 0 aliphatic rings. The summed E-state index contributed by atoms with van der Waals surface area (Å²) >= 11 is 1.85. The summed E-state index contributed by atoms with van der Waals surface area (Å²) in [5.74, 6) is 2.44. The molecule has 136 valence electrons. The van der Waals surface area contributed by atoms with Crippen molar-refractivity contribution in [2.24, 2.45) is 0 Å². The zero-order valence-electron chi connectivity index (χ0n) is 14.7. The van der Waals surface area contributed by atoms with E-state index in [9.17, 15) is 4.79 Å². The van der Waals surface area contributed by atoms with Gasteiger partial charge in [-0.3, -0.25) is 14.8 Å². The Kier molecular flexibility index (Phi) is 6.43. The highest BCUT2D eigenvalue weighted by Gasteiger charge is 2.04. The van der Waals surface area contributed by atoms with Gasteiger partial charge < -0.3 is 10.3 Å².